The van der Waals surface area contributed by atoms with E-state index in [1.807, 2.05) is 0 Å². The maximum Gasteiger partial charge on any atom is 0.410 e. The largest absolute Gasteiger partial charge is 0.497 e. The van der Waals surface area contributed by atoms with Crippen molar-refractivity contribution in [2.45, 2.75) is 32.8 Å². The number of amidine groups is 1. The Labute approximate surface area is 212 Å². The van der Waals surface area contributed by atoms with E-state index in [0.717, 1.165) is 0 Å². The van der Waals surface area contributed by atoms with Gasteiger partial charge in [-0.1, -0.05) is 0 Å². The van der Waals surface area contributed by atoms with E-state index < -0.39 is 33.2 Å². The fourth-order valence-corrected chi connectivity index (χ4v) is 3.48. The number of benzene rings is 2. The molecule has 194 valence electrons. The lowest BCUT2D eigenvalue weighted by atomic mass is 10.2. The van der Waals surface area contributed by atoms with Gasteiger partial charge in [-0.05, 0) is 45.0 Å². The van der Waals surface area contributed by atoms with Crippen LogP contribution in [-0.4, -0.2) is 53.0 Å². The van der Waals surface area contributed by atoms with Crippen LogP contribution in [0, 0.1) is 10.1 Å². The highest BCUT2D eigenvalue weighted by atomic mass is 16.6. The summed E-state index contributed by atoms with van der Waals surface area (Å²) < 4.78 is 9.80. The second-order valence-electron chi connectivity index (χ2n) is 9.17. The quantitative estimate of drug-likeness (QED) is 0.180. The predicted octanol–water partition coefficient (Wildman–Crippen LogP) is 3.60. The fourth-order valence-electron chi connectivity index (χ4n) is 3.48. The van der Waals surface area contributed by atoms with E-state index in [2.05, 4.69) is 4.99 Å². The Bertz CT molecular complexity index is 1260. The molecule has 1 aliphatic rings. The maximum atomic E-state index is 12.4. The van der Waals surface area contributed by atoms with Crippen LogP contribution in [0.15, 0.2) is 65.9 Å². The zero-order chi connectivity index (χ0) is 27.4. The Morgan fingerprint density at radius 2 is 1.68 bits per heavy atom. The van der Waals surface area contributed by atoms with E-state index in [4.69, 9.17) is 9.47 Å². The van der Waals surface area contributed by atoms with Gasteiger partial charge in [0.15, 0.2) is 0 Å². The highest BCUT2D eigenvalue weighted by Gasteiger charge is 2.41. The molecule has 0 fully saturated rings. The number of carbonyl (C=O) groups excluding carboxylic acids is 3. The fraction of sp³-hybridized carbons (Fsp3) is 0.280. The molecule has 37 heavy (non-hydrogen) atoms. The van der Waals surface area contributed by atoms with Crippen molar-refractivity contribution in [3.8, 4) is 5.75 Å². The average Bonchev–Trinajstić information content (AvgIpc) is 3.27. The molecular formula is C25H26N4O8. The number of esters is 1. The molecule has 12 nitrogen and oxygen atoms in total. The van der Waals surface area contributed by atoms with Crippen molar-refractivity contribution in [3.05, 3.63) is 76.6 Å². The summed E-state index contributed by atoms with van der Waals surface area (Å²) in [6, 6.07) is 10.7. The van der Waals surface area contributed by atoms with E-state index >= 15 is 0 Å². The second kappa shape index (κ2) is 10.6. The zero-order valence-corrected chi connectivity index (χ0v) is 20.7. The van der Waals surface area contributed by atoms with Crippen LogP contribution in [-0.2, 0) is 4.74 Å². The van der Waals surface area contributed by atoms with Crippen LogP contribution >= 0.6 is 0 Å². The first-order valence-electron chi connectivity index (χ1n) is 11.2. The van der Waals surface area contributed by atoms with Crippen molar-refractivity contribution in [1.82, 2.24) is 9.38 Å². The highest BCUT2D eigenvalue weighted by Crippen LogP contribution is 2.31. The van der Waals surface area contributed by atoms with E-state index in [0.29, 0.717) is 0 Å². The van der Waals surface area contributed by atoms with Gasteiger partial charge in [-0.25, -0.2) is 14.6 Å². The van der Waals surface area contributed by atoms with Gasteiger partial charge in [0.1, 0.15) is 23.2 Å². The molecule has 2 aromatic rings. The number of hydrogen-bond acceptors (Lipinski definition) is 9. The Kier molecular flexibility index (Phi) is 7.73. The first-order valence-corrected chi connectivity index (χ1v) is 11.2. The van der Waals surface area contributed by atoms with Gasteiger partial charge in [0.05, 0.1) is 23.1 Å². The summed E-state index contributed by atoms with van der Waals surface area (Å²) >= 11 is 0. The molecule has 0 aromatic heterocycles. The van der Waals surface area contributed by atoms with Crippen LogP contribution in [0.4, 0.5) is 21.0 Å². The molecule has 1 atom stereocenters. The number of hydrogen-bond donors (Lipinski definition) is 0. The van der Waals surface area contributed by atoms with Crippen LogP contribution in [0.1, 0.15) is 37.6 Å². The monoisotopic (exact) mass is 510 g/mol. The minimum absolute atomic E-state index is 0.110. The van der Waals surface area contributed by atoms with Crippen molar-refractivity contribution in [2.75, 3.05) is 13.6 Å². The predicted molar refractivity (Wildman–Crippen MR) is 132 cm³/mol. The number of non-ortho nitro benzene ring substituents is 1. The van der Waals surface area contributed by atoms with Crippen molar-refractivity contribution in [1.29, 1.82) is 0 Å². The molecule has 1 unspecified atom stereocenters. The van der Waals surface area contributed by atoms with Crippen LogP contribution < -0.4 is 14.3 Å². The number of nitrogens with zero attached hydrogens (tertiary/aromatic N) is 4. The third-order valence-electron chi connectivity index (χ3n) is 5.35. The number of rotatable bonds is 7. The smallest absolute Gasteiger partial charge is 0.410 e. The SMILES string of the molecule is CN(CCC1=NC=C[N+]1(C(=O)[O-])c1ccc(OC(=O)c2ccc([N+](=O)[O-])cc2)cc1)C(=O)OC(C)(C)C. The molecule has 0 radical (unpaired) electrons. The standard InChI is InChI=1S/C25H26N4O8/c1-25(2,3)37-23(31)27(4)15-13-21-26-14-16-29(21,24(32)33)19-9-11-20(12-10-19)36-22(30)17-5-7-18(8-6-17)28(34)35/h5-12,14,16H,13,15H2,1-4H3. The minimum Gasteiger partial charge on any atom is -0.497 e. The summed E-state index contributed by atoms with van der Waals surface area (Å²) in [5.74, 6) is -0.388. The van der Waals surface area contributed by atoms with Gasteiger partial charge in [-0.3, -0.25) is 10.1 Å². The van der Waals surface area contributed by atoms with Gasteiger partial charge in [-0.2, -0.15) is 4.48 Å². The molecule has 0 saturated carbocycles. The summed E-state index contributed by atoms with van der Waals surface area (Å²) in [5, 5.41) is 23.1. The molecule has 1 heterocycles. The molecular weight excluding hydrogens is 484 g/mol. The highest BCUT2D eigenvalue weighted by molar-refractivity contribution is 6.10. The first kappa shape index (κ1) is 27.0. The van der Waals surface area contributed by atoms with Gasteiger partial charge in [0, 0.05) is 37.9 Å². The first-order chi connectivity index (χ1) is 17.3. The molecule has 3 rings (SSSR count). The Balaban J connectivity index is 1.73. The van der Waals surface area contributed by atoms with E-state index in [1.165, 1.54) is 65.8 Å². The van der Waals surface area contributed by atoms with E-state index in [-0.39, 0.29) is 41.5 Å². The van der Waals surface area contributed by atoms with Crippen molar-refractivity contribution < 1.29 is 33.9 Å². The number of nitro groups is 1. The number of nitro benzene ring substituents is 1. The summed E-state index contributed by atoms with van der Waals surface area (Å²) in [7, 11) is 1.54. The van der Waals surface area contributed by atoms with Gasteiger partial charge in [0.2, 0.25) is 5.84 Å². The van der Waals surface area contributed by atoms with Gasteiger partial charge in [-0.15, -0.1) is 0 Å². The minimum atomic E-state index is -1.46. The lowest BCUT2D eigenvalue weighted by Crippen LogP contribution is -2.59. The molecule has 2 amide bonds. The van der Waals surface area contributed by atoms with Crippen molar-refractivity contribution >= 4 is 35.4 Å². The summed E-state index contributed by atoms with van der Waals surface area (Å²) in [6.45, 7) is 5.38. The van der Waals surface area contributed by atoms with Crippen LogP contribution in [0.5, 0.6) is 5.75 Å². The van der Waals surface area contributed by atoms with Crippen LogP contribution in [0.2, 0.25) is 0 Å². The molecule has 2 aromatic carbocycles. The number of quaternary nitrogens is 1. The molecule has 0 saturated heterocycles. The third-order valence-corrected chi connectivity index (χ3v) is 5.35. The Morgan fingerprint density at radius 1 is 1.05 bits per heavy atom. The second-order valence-corrected chi connectivity index (χ2v) is 9.17. The number of ether oxygens (including phenoxy) is 2. The number of carbonyl (C=O) groups is 3. The zero-order valence-electron chi connectivity index (χ0n) is 20.7. The molecule has 0 bridgehead atoms. The van der Waals surface area contributed by atoms with Gasteiger partial charge < -0.3 is 24.3 Å². The summed E-state index contributed by atoms with van der Waals surface area (Å²) in [4.78, 5) is 52.7. The van der Waals surface area contributed by atoms with Gasteiger partial charge >= 0.3 is 12.1 Å². The molecule has 0 N–H and O–H groups in total. The third kappa shape index (κ3) is 6.16. The number of aliphatic imine (C=N–C) groups is 1. The molecule has 0 aliphatic carbocycles. The summed E-state index contributed by atoms with van der Waals surface area (Å²) in [5.41, 5.74) is -0.459. The summed E-state index contributed by atoms with van der Waals surface area (Å²) in [6.07, 6.45) is 0.804. The maximum absolute atomic E-state index is 12.4. The normalized spacial score (nSPS) is 16.6. The topological polar surface area (TPSA) is 151 Å². The number of amides is 2. The van der Waals surface area contributed by atoms with Gasteiger partial charge in [0.25, 0.3) is 11.8 Å². The lowest BCUT2D eigenvalue weighted by molar-refractivity contribution is -0.384. The molecule has 12 heteroatoms. The average molecular weight is 511 g/mol. The Morgan fingerprint density at radius 3 is 2.22 bits per heavy atom. The molecule has 1 aliphatic heterocycles. The number of carboxylic acid groups (broad SMARTS) is 1. The van der Waals surface area contributed by atoms with Crippen molar-refractivity contribution in [3.63, 3.8) is 0 Å². The Hall–Kier alpha value is -4.58. The van der Waals surface area contributed by atoms with Crippen LogP contribution in [0.25, 0.3) is 0 Å². The molecule has 0 spiro atoms. The lowest BCUT2D eigenvalue weighted by Gasteiger charge is -2.32. The van der Waals surface area contributed by atoms with E-state index in [1.54, 1.807) is 27.8 Å². The van der Waals surface area contributed by atoms with Crippen LogP contribution in [0.3, 0.4) is 0 Å². The van der Waals surface area contributed by atoms with Crippen molar-refractivity contribution in [2.24, 2.45) is 4.99 Å². The van der Waals surface area contributed by atoms with E-state index in [9.17, 15) is 29.6 Å².